The molecule has 1 aliphatic rings. The Morgan fingerprint density at radius 1 is 1.35 bits per heavy atom. The van der Waals surface area contributed by atoms with Gasteiger partial charge >= 0.3 is 5.97 Å². The van der Waals surface area contributed by atoms with Crippen molar-refractivity contribution in [2.45, 2.75) is 51.9 Å². The van der Waals surface area contributed by atoms with E-state index in [2.05, 4.69) is 17.6 Å². The summed E-state index contributed by atoms with van der Waals surface area (Å²) in [6.45, 7) is 4.75. The van der Waals surface area contributed by atoms with Crippen molar-refractivity contribution in [3.8, 4) is 0 Å². The zero-order valence-corrected chi connectivity index (χ0v) is 12.5. The lowest BCUT2D eigenvalue weighted by Crippen LogP contribution is -2.28. The van der Waals surface area contributed by atoms with Crippen LogP contribution in [0.15, 0.2) is 0 Å². The molecule has 2 unspecified atom stereocenters. The average molecular weight is 284 g/mol. The first-order valence-electron chi connectivity index (χ1n) is 7.81. The van der Waals surface area contributed by atoms with E-state index >= 15 is 0 Å². The first-order chi connectivity index (χ1) is 9.61. The third-order valence-corrected chi connectivity index (χ3v) is 3.97. The molecule has 1 amide bonds. The monoisotopic (exact) mass is 284 g/mol. The molecule has 0 aliphatic carbocycles. The van der Waals surface area contributed by atoms with Crippen molar-refractivity contribution in [3.05, 3.63) is 0 Å². The molecule has 116 valence electrons. The first kappa shape index (κ1) is 17.0. The van der Waals surface area contributed by atoms with Crippen LogP contribution in [0.5, 0.6) is 0 Å². The molecule has 1 rings (SSSR count). The minimum absolute atomic E-state index is 0.132. The predicted molar refractivity (Wildman–Crippen MR) is 78.5 cm³/mol. The van der Waals surface area contributed by atoms with Crippen LogP contribution in [0.25, 0.3) is 0 Å². The van der Waals surface area contributed by atoms with E-state index in [0.29, 0.717) is 31.2 Å². The second-order valence-electron chi connectivity index (χ2n) is 5.79. The molecule has 3 N–H and O–H groups in total. The zero-order chi connectivity index (χ0) is 14.8. The van der Waals surface area contributed by atoms with Crippen LogP contribution in [0.4, 0.5) is 0 Å². The Labute approximate surface area is 121 Å². The lowest BCUT2D eigenvalue weighted by molar-refractivity contribution is -0.137. The molecular formula is C15H28N2O3. The Hall–Kier alpha value is -1.10. The van der Waals surface area contributed by atoms with Crippen molar-refractivity contribution >= 4 is 11.9 Å². The van der Waals surface area contributed by atoms with E-state index in [4.69, 9.17) is 5.11 Å². The number of carboxylic acid groups (broad SMARTS) is 1. The summed E-state index contributed by atoms with van der Waals surface area (Å²) in [6, 6.07) is 0. The second-order valence-corrected chi connectivity index (χ2v) is 5.79. The highest BCUT2D eigenvalue weighted by Crippen LogP contribution is 2.17. The molecule has 0 aromatic rings. The maximum Gasteiger partial charge on any atom is 0.303 e. The number of nitrogens with one attached hydrogen (secondary N) is 2. The summed E-state index contributed by atoms with van der Waals surface area (Å²) < 4.78 is 0. The highest BCUT2D eigenvalue weighted by molar-refractivity contribution is 5.76. The number of carboxylic acids is 1. The summed E-state index contributed by atoms with van der Waals surface area (Å²) in [5.74, 6) is 0.286. The van der Waals surface area contributed by atoms with Gasteiger partial charge in [-0.25, -0.2) is 0 Å². The molecule has 0 aromatic heterocycles. The largest absolute Gasteiger partial charge is 0.481 e. The first-order valence-corrected chi connectivity index (χ1v) is 7.81. The molecule has 1 saturated heterocycles. The van der Waals surface area contributed by atoms with Crippen molar-refractivity contribution in [2.75, 3.05) is 19.6 Å². The van der Waals surface area contributed by atoms with Gasteiger partial charge in [0.25, 0.3) is 0 Å². The van der Waals surface area contributed by atoms with Crippen LogP contribution >= 0.6 is 0 Å². The van der Waals surface area contributed by atoms with Gasteiger partial charge in [-0.3, -0.25) is 9.59 Å². The van der Waals surface area contributed by atoms with E-state index in [1.54, 1.807) is 0 Å². The van der Waals surface area contributed by atoms with Crippen LogP contribution in [0.3, 0.4) is 0 Å². The fourth-order valence-corrected chi connectivity index (χ4v) is 2.81. The van der Waals surface area contributed by atoms with Gasteiger partial charge in [-0.2, -0.15) is 0 Å². The van der Waals surface area contributed by atoms with Crippen molar-refractivity contribution < 1.29 is 14.7 Å². The summed E-state index contributed by atoms with van der Waals surface area (Å²) in [6.07, 6.45) is 5.63. The highest BCUT2D eigenvalue weighted by atomic mass is 16.4. The summed E-state index contributed by atoms with van der Waals surface area (Å²) >= 11 is 0. The maximum atomic E-state index is 11.8. The minimum atomic E-state index is -0.733. The molecular weight excluding hydrogens is 256 g/mol. The molecule has 5 nitrogen and oxygen atoms in total. The highest BCUT2D eigenvalue weighted by Gasteiger charge is 2.18. The molecule has 0 aromatic carbocycles. The van der Waals surface area contributed by atoms with E-state index in [9.17, 15) is 9.59 Å². The number of carbonyl (C=O) groups excluding carboxylic acids is 1. The summed E-state index contributed by atoms with van der Waals surface area (Å²) in [7, 11) is 0. The smallest absolute Gasteiger partial charge is 0.303 e. The number of carbonyl (C=O) groups is 2. The molecule has 5 heteroatoms. The van der Waals surface area contributed by atoms with Crippen LogP contribution < -0.4 is 10.6 Å². The summed E-state index contributed by atoms with van der Waals surface area (Å²) in [4.78, 5) is 22.4. The summed E-state index contributed by atoms with van der Waals surface area (Å²) in [5, 5.41) is 15.0. The Kier molecular flexibility index (Phi) is 8.26. The molecule has 1 heterocycles. The Morgan fingerprint density at radius 2 is 2.15 bits per heavy atom. The Morgan fingerprint density at radius 3 is 2.75 bits per heavy atom. The normalized spacial score (nSPS) is 19.8. The standard InChI is InChI=1S/C15H28N2O3/c1-2-3-12(4-5-15(19)20)7-9-17-14(18)10-13-6-8-16-11-13/h12-13,16H,2-11H2,1H3,(H,17,18)(H,19,20). The van der Waals surface area contributed by atoms with Gasteiger partial charge in [-0.05, 0) is 44.2 Å². The molecule has 0 radical (unpaired) electrons. The Balaban J connectivity index is 2.14. The fraction of sp³-hybridized carbons (Fsp3) is 0.867. The van der Waals surface area contributed by atoms with Gasteiger partial charge in [0.2, 0.25) is 5.91 Å². The zero-order valence-electron chi connectivity index (χ0n) is 12.5. The van der Waals surface area contributed by atoms with Crippen molar-refractivity contribution in [1.82, 2.24) is 10.6 Å². The van der Waals surface area contributed by atoms with E-state index < -0.39 is 5.97 Å². The van der Waals surface area contributed by atoms with Gasteiger partial charge in [-0.15, -0.1) is 0 Å². The maximum absolute atomic E-state index is 11.8. The SMILES string of the molecule is CCCC(CCNC(=O)CC1CCNC1)CCC(=O)O. The van der Waals surface area contributed by atoms with Crippen LogP contribution in [0.1, 0.15) is 51.9 Å². The van der Waals surface area contributed by atoms with Crippen molar-refractivity contribution in [2.24, 2.45) is 11.8 Å². The molecule has 0 bridgehead atoms. The molecule has 0 spiro atoms. The van der Waals surface area contributed by atoms with Crippen LogP contribution in [-0.4, -0.2) is 36.6 Å². The fourth-order valence-electron chi connectivity index (χ4n) is 2.81. The van der Waals surface area contributed by atoms with Gasteiger partial charge in [0, 0.05) is 19.4 Å². The van der Waals surface area contributed by atoms with Gasteiger partial charge in [0.1, 0.15) is 0 Å². The van der Waals surface area contributed by atoms with E-state index in [1.165, 1.54) is 0 Å². The third-order valence-electron chi connectivity index (χ3n) is 3.97. The molecule has 0 saturated carbocycles. The quantitative estimate of drug-likeness (QED) is 0.571. The summed E-state index contributed by atoms with van der Waals surface area (Å²) in [5.41, 5.74) is 0. The third kappa shape index (κ3) is 7.48. The number of aliphatic carboxylic acids is 1. The minimum Gasteiger partial charge on any atom is -0.481 e. The number of rotatable bonds is 10. The number of hydrogen-bond acceptors (Lipinski definition) is 3. The second kappa shape index (κ2) is 9.75. The number of hydrogen-bond donors (Lipinski definition) is 3. The van der Waals surface area contributed by atoms with E-state index in [-0.39, 0.29) is 12.3 Å². The van der Waals surface area contributed by atoms with Crippen molar-refractivity contribution in [3.63, 3.8) is 0 Å². The van der Waals surface area contributed by atoms with Crippen LogP contribution in [0.2, 0.25) is 0 Å². The number of amides is 1. The van der Waals surface area contributed by atoms with E-state index in [0.717, 1.165) is 38.8 Å². The molecule has 20 heavy (non-hydrogen) atoms. The lowest BCUT2D eigenvalue weighted by atomic mass is 9.94. The average Bonchev–Trinajstić information content (AvgIpc) is 2.88. The van der Waals surface area contributed by atoms with Crippen molar-refractivity contribution in [1.29, 1.82) is 0 Å². The van der Waals surface area contributed by atoms with Gasteiger partial charge in [-0.1, -0.05) is 19.8 Å². The van der Waals surface area contributed by atoms with Gasteiger partial charge < -0.3 is 15.7 Å². The molecule has 1 fully saturated rings. The molecule has 1 aliphatic heterocycles. The lowest BCUT2D eigenvalue weighted by Gasteiger charge is -2.16. The van der Waals surface area contributed by atoms with Crippen LogP contribution in [0, 0.1) is 11.8 Å². The topological polar surface area (TPSA) is 78.4 Å². The predicted octanol–water partition coefficient (Wildman–Crippen LogP) is 1.77. The van der Waals surface area contributed by atoms with Gasteiger partial charge in [0.05, 0.1) is 0 Å². The molecule has 2 atom stereocenters. The van der Waals surface area contributed by atoms with E-state index in [1.807, 2.05) is 0 Å². The van der Waals surface area contributed by atoms with Crippen LogP contribution in [-0.2, 0) is 9.59 Å². The Bertz CT molecular complexity index is 301. The van der Waals surface area contributed by atoms with Gasteiger partial charge in [0.15, 0.2) is 0 Å².